The normalized spacial score (nSPS) is 14.7. The monoisotopic (exact) mass is 260 g/mol. The Labute approximate surface area is 106 Å². The van der Waals surface area contributed by atoms with Crippen molar-refractivity contribution < 1.29 is 18.3 Å². The molecule has 0 saturated heterocycles. The second kappa shape index (κ2) is 4.92. The van der Waals surface area contributed by atoms with Gasteiger partial charge < -0.3 is 5.11 Å². The number of benzene rings is 1. The molecule has 0 amide bonds. The first kappa shape index (κ1) is 15.0. The molecule has 0 fully saturated rings. The van der Waals surface area contributed by atoms with Crippen molar-refractivity contribution in [3.63, 3.8) is 0 Å². The molecule has 1 unspecified atom stereocenters. The highest BCUT2D eigenvalue weighted by Crippen LogP contribution is 2.36. The number of halogens is 3. The minimum atomic E-state index is -4.62. The van der Waals surface area contributed by atoms with Crippen LogP contribution in [0.1, 0.15) is 50.5 Å². The highest BCUT2D eigenvalue weighted by atomic mass is 19.4. The standard InChI is InChI=1S/C14H19F3O/c1-5-9-6-7-10(13(2,3)4)8-11(9)12(18)14(15,16)17/h6-8,12,18H,5H2,1-4H3. The van der Waals surface area contributed by atoms with Crippen LogP contribution in [0.4, 0.5) is 13.2 Å². The first-order valence-corrected chi connectivity index (χ1v) is 5.95. The van der Waals surface area contributed by atoms with Gasteiger partial charge in [-0.05, 0) is 28.5 Å². The van der Waals surface area contributed by atoms with Gasteiger partial charge in [-0.2, -0.15) is 13.2 Å². The molecule has 1 rings (SSSR count). The molecule has 0 aliphatic carbocycles. The Morgan fingerprint density at radius 2 is 1.72 bits per heavy atom. The first-order valence-electron chi connectivity index (χ1n) is 5.95. The van der Waals surface area contributed by atoms with Crippen LogP contribution in [0, 0.1) is 0 Å². The lowest BCUT2D eigenvalue weighted by Gasteiger charge is -2.24. The molecule has 0 radical (unpaired) electrons. The second-order valence-electron chi connectivity index (χ2n) is 5.46. The summed E-state index contributed by atoms with van der Waals surface area (Å²) in [6, 6.07) is 4.97. The van der Waals surface area contributed by atoms with Gasteiger partial charge in [-0.3, -0.25) is 0 Å². The lowest BCUT2D eigenvalue weighted by atomic mass is 9.84. The van der Waals surface area contributed by atoms with Crippen molar-refractivity contribution in [1.29, 1.82) is 0 Å². The molecule has 4 heteroatoms. The van der Waals surface area contributed by atoms with Crippen molar-refractivity contribution in [2.45, 2.75) is 51.8 Å². The van der Waals surface area contributed by atoms with Gasteiger partial charge in [0.25, 0.3) is 0 Å². The smallest absolute Gasteiger partial charge is 0.379 e. The largest absolute Gasteiger partial charge is 0.418 e. The molecule has 102 valence electrons. The molecular formula is C14H19F3O. The molecule has 0 saturated carbocycles. The molecule has 0 spiro atoms. The van der Waals surface area contributed by atoms with Crippen LogP contribution < -0.4 is 0 Å². The van der Waals surface area contributed by atoms with E-state index < -0.39 is 12.3 Å². The third-order valence-corrected chi connectivity index (χ3v) is 3.00. The van der Waals surface area contributed by atoms with Gasteiger partial charge in [0.05, 0.1) is 0 Å². The van der Waals surface area contributed by atoms with E-state index in [9.17, 15) is 18.3 Å². The number of rotatable bonds is 2. The third kappa shape index (κ3) is 3.25. The Hall–Kier alpha value is -1.03. The average Bonchev–Trinajstić information content (AvgIpc) is 2.24. The van der Waals surface area contributed by atoms with Crippen LogP contribution >= 0.6 is 0 Å². The van der Waals surface area contributed by atoms with E-state index in [2.05, 4.69) is 0 Å². The molecule has 1 atom stereocenters. The molecule has 1 aromatic rings. The maximum atomic E-state index is 12.6. The summed E-state index contributed by atoms with van der Waals surface area (Å²) in [4.78, 5) is 0. The van der Waals surface area contributed by atoms with Gasteiger partial charge in [-0.25, -0.2) is 0 Å². The van der Waals surface area contributed by atoms with E-state index in [-0.39, 0.29) is 11.0 Å². The van der Waals surface area contributed by atoms with E-state index >= 15 is 0 Å². The summed E-state index contributed by atoms with van der Waals surface area (Å²) in [6.07, 6.45) is -6.57. The van der Waals surface area contributed by atoms with E-state index in [0.29, 0.717) is 12.0 Å². The Morgan fingerprint density at radius 1 is 1.17 bits per heavy atom. The van der Waals surface area contributed by atoms with E-state index in [1.54, 1.807) is 13.0 Å². The van der Waals surface area contributed by atoms with Crippen molar-refractivity contribution in [3.05, 3.63) is 34.9 Å². The maximum absolute atomic E-state index is 12.6. The summed E-state index contributed by atoms with van der Waals surface area (Å²) in [6.45, 7) is 7.56. The third-order valence-electron chi connectivity index (χ3n) is 3.00. The maximum Gasteiger partial charge on any atom is 0.418 e. The quantitative estimate of drug-likeness (QED) is 0.847. The molecule has 18 heavy (non-hydrogen) atoms. The Kier molecular flexibility index (Phi) is 4.11. The highest BCUT2D eigenvalue weighted by Gasteiger charge is 2.40. The van der Waals surface area contributed by atoms with Gasteiger partial charge >= 0.3 is 6.18 Å². The molecule has 0 aliphatic rings. The summed E-state index contributed by atoms with van der Waals surface area (Å²) in [5, 5.41) is 9.43. The first-order chi connectivity index (χ1) is 8.07. The number of alkyl halides is 3. The van der Waals surface area contributed by atoms with E-state index in [0.717, 1.165) is 5.56 Å². The van der Waals surface area contributed by atoms with Crippen LogP contribution in [0.15, 0.2) is 18.2 Å². The Balaban J connectivity index is 3.31. The Bertz CT molecular complexity index is 416. The minimum Gasteiger partial charge on any atom is -0.379 e. The zero-order valence-electron chi connectivity index (χ0n) is 11.1. The van der Waals surface area contributed by atoms with Crippen LogP contribution in [0.25, 0.3) is 0 Å². The number of hydrogen-bond acceptors (Lipinski definition) is 1. The topological polar surface area (TPSA) is 20.2 Å². The van der Waals surface area contributed by atoms with Crippen molar-refractivity contribution in [1.82, 2.24) is 0 Å². The number of aliphatic hydroxyl groups excluding tert-OH is 1. The van der Waals surface area contributed by atoms with Gasteiger partial charge in [-0.15, -0.1) is 0 Å². The highest BCUT2D eigenvalue weighted by molar-refractivity contribution is 5.37. The van der Waals surface area contributed by atoms with Crippen molar-refractivity contribution in [2.75, 3.05) is 0 Å². The van der Waals surface area contributed by atoms with E-state index in [1.807, 2.05) is 26.8 Å². The average molecular weight is 260 g/mol. The molecular weight excluding hydrogens is 241 g/mol. The summed E-state index contributed by atoms with van der Waals surface area (Å²) >= 11 is 0. The summed E-state index contributed by atoms with van der Waals surface area (Å²) in [7, 11) is 0. The van der Waals surface area contributed by atoms with E-state index in [4.69, 9.17) is 0 Å². The van der Waals surface area contributed by atoms with Gasteiger partial charge in [0, 0.05) is 0 Å². The molecule has 0 bridgehead atoms. The van der Waals surface area contributed by atoms with Crippen LogP contribution in [0.5, 0.6) is 0 Å². The van der Waals surface area contributed by atoms with Crippen LogP contribution in [0.3, 0.4) is 0 Å². The number of hydrogen-bond donors (Lipinski definition) is 1. The molecule has 1 aromatic carbocycles. The van der Waals surface area contributed by atoms with Gasteiger partial charge in [-0.1, -0.05) is 45.9 Å². The zero-order chi connectivity index (χ0) is 14.1. The second-order valence-corrected chi connectivity index (χ2v) is 5.46. The fourth-order valence-electron chi connectivity index (χ4n) is 1.81. The predicted octanol–water partition coefficient (Wildman–Crippen LogP) is 4.14. The van der Waals surface area contributed by atoms with Crippen molar-refractivity contribution >= 4 is 0 Å². The summed E-state index contributed by atoms with van der Waals surface area (Å²) in [5.41, 5.74) is 1.05. The lowest BCUT2D eigenvalue weighted by molar-refractivity contribution is -0.207. The summed E-state index contributed by atoms with van der Waals surface area (Å²) < 4.78 is 37.9. The SMILES string of the molecule is CCc1ccc(C(C)(C)C)cc1C(O)C(F)(F)F. The fourth-order valence-corrected chi connectivity index (χ4v) is 1.81. The van der Waals surface area contributed by atoms with Crippen molar-refractivity contribution in [2.24, 2.45) is 0 Å². The summed E-state index contributed by atoms with van der Waals surface area (Å²) in [5.74, 6) is 0. The van der Waals surface area contributed by atoms with Crippen molar-refractivity contribution in [3.8, 4) is 0 Å². The Morgan fingerprint density at radius 3 is 2.11 bits per heavy atom. The van der Waals surface area contributed by atoms with Crippen LogP contribution in [-0.2, 0) is 11.8 Å². The number of aryl methyl sites for hydroxylation is 1. The fraction of sp³-hybridized carbons (Fsp3) is 0.571. The minimum absolute atomic E-state index is 0.0302. The van der Waals surface area contributed by atoms with Gasteiger partial charge in [0.2, 0.25) is 0 Å². The van der Waals surface area contributed by atoms with Crippen LogP contribution in [0.2, 0.25) is 0 Å². The molecule has 1 nitrogen and oxygen atoms in total. The van der Waals surface area contributed by atoms with E-state index in [1.165, 1.54) is 6.07 Å². The van der Waals surface area contributed by atoms with Gasteiger partial charge in [0.1, 0.15) is 0 Å². The molecule has 0 aliphatic heterocycles. The van der Waals surface area contributed by atoms with Crippen LogP contribution in [-0.4, -0.2) is 11.3 Å². The van der Waals surface area contributed by atoms with Gasteiger partial charge in [0.15, 0.2) is 6.10 Å². The zero-order valence-corrected chi connectivity index (χ0v) is 11.1. The predicted molar refractivity (Wildman–Crippen MR) is 65.5 cm³/mol. The molecule has 0 heterocycles. The lowest BCUT2D eigenvalue weighted by Crippen LogP contribution is -2.22. The number of aliphatic hydroxyl groups is 1. The molecule has 1 N–H and O–H groups in total. The molecule has 0 aromatic heterocycles.